The summed E-state index contributed by atoms with van der Waals surface area (Å²) in [5.74, 6) is -2.94. The van der Waals surface area contributed by atoms with Gasteiger partial charge in [-0.3, -0.25) is 14.4 Å². The normalized spacial score (nSPS) is 22.7. The number of rotatable bonds is 7. The van der Waals surface area contributed by atoms with Gasteiger partial charge in [-0.2, -0.15) is 0 Å². The first-order chi connectivity index (χ1) is 12.3. The van der Waals surface area contributed by atoms with Crippen LogP contribution in [0.2, 0.25) is 0 Å². The van der Waals surface area contributed by atoms with E-state index in [1.807, 2.05) is 0 Å². The molecule has 1 aliphatic heterocycles. The maximum Gasteiger partial charge on any atom is 0.307 e. The van der Waals surface area contributed by atoms with Gasteiger partial charge in [0.05, 0.1) is 18.3 Å². The molecule has 0 radical (unpaired) electrons. The molecule has 0 aromatic rings. The molecule has 8 nitrogen and oxygen atoms in total. The summed E-state index contributed by atoms with van der Waals surface area (Å²) in [7, 11) is 1.31. The number of methoxy groups -OCH3 is 1. The number of aliphatic hydroxyl groups excluding tert-OH is 2. The molecular formula is C18H22O8. The summed E-state index contributed by atoms with van der Waals surface area (Å²) < 4.78 is 15.7. The first kappa shape index (κ1) is 19.7. The minimum Gasteiger partial charge on any atom is -0.504 e. The predicted molar refractivity (Wildman–Crippen MR) is 88.6 cm³/mol. The van der Waals surface area contributed by atoms with Gasteiger partial charge in [0.2, 0.25) is 17.2 Å². The molecule has 0 aromatic heterocycles. The van der Waals surface area contributed by atoms with E-state index in [0.29, 0.717) is 12.8 Å². The van der Waals surface area contributed by atoms with Crippen molar-refractivity contribution in [2.75, 3.05) is 13.7 Å². The molecule has 1 heterocycles. The van der Waals surface area contributed by atoms with Crippen molar-refractivity contribution in [3.63, 3.8) is 0 Å². The third-order valence-corrected chi connectivity index (χ3v) is 4.17. The SMILES string of the molecule is CCCC(=O)OC1(C)C(=O)C2=COC(CCCO)=C(OC)C2=C(O)C1=O. The fourth-order valence-corrected chi connectivity index (χ4v) is 2.81. The third kappa shape index (κ3) is 3.24. The summed E-state index contributed by atoms with van der Waals surface area (Å²) >= 11 is 0. The van der Waals surface area contributed by atoms with E-state index < -0.39 is 28.9 Å². The number of Topliss-reactive ketones (excluding diaryl/α,β-unsaturated/α-hetero) is 2. The van der Waals surface area contributed by atoms with Crippen LogP contribution in [0.3, 0.4) is 0 Å². The molecule has 0 aromatic carbocycles. The Morgan fingerprint density at radius 2 is 2.00 bits per heavy atom. The molecule has 0 saturated carbocycles. The number of hydrogen-bond donors (Lipinski definition) is 2. The Kier molecular flexibility index (Phi) is 5.86. The number of carbonyl (C=O) groups is 3. The van der Waals surface area contributed by atoms with Crippen LogP contribution >= 0.6 is 0 Å². The Hall–Kier alpha value is -2.61. The minimum absolute atomic E-state index is 0.0390. The predicted octanol–water partition coefficient (Wildman–Crippen LogP) is 1.60. The molecule has 0 saturated heterocycles. The lowest BCUT2D eigenvalue weighted by Gasteiger charge is -2.34. The van der Waals surface area contributed by atoms with E-state index in [2.05, 4.69) is 0 Å². The van der Waals surface area contributed by atoms with Gasteiger partial charge >= 0.3 is 5.97 Å². The number of carbonyl (C=O) groups excluding carboxylic acids is 3. The van der Waals surface area contributed by atoms with Crippen molar-refractivity contribution in [2.45, 2.75) is 45.1 Å². The van der Waals surface area contributed by atoms with E-state index in [1.54, 1.807) is 6.92 Å². The Labute approximate surface area is 150 Å². The highest BCUT2D eigenvalue weighted by Crippen LogP contribution is 2.40. The van der Waals surface area contributed by atoms with E-state index in [1.165, 1.54) is 7.11 Å². The van der Waals surface area contributed by atoms with Crippen LogP contribution in [0.5, 0.6) is 0 Å². The second kappa shape index (κ2) is 7.74. The highest BCUT2D eigenvalue weighted by atomic mass is 16.6. The van der Waals surface area contributed by atoms with Crippen LogP contribution in [0, 0.1) is 0 Å². The zero-order valence-corrected chi connectivity index (χ0v) is 15.0. The van der Waals surface area contributed by atoms with E-state index in [0.717, 1.165) is 13.2 Å². The van der Waals surface area contributed by atoms with Crippen LogP contribution in [-0.4, -0.2) is 47.1 Å². The van der Waals surface area contributed by atoms with Gasteiger partial charge in [-0.05, 0) is 19.8 Å². The van der Waals surface area contributed by atoms with E-state index in [-0.39, 0.29) is 42.1 Å². The molecular weight excluding hydrogens is 344 g/mol. The molecule has 1 atom stereocenters. The highest BCUT2D eigenvalue weighted by molar-refractivity contribution is 6.27. The third-order valence-electron chi connectivity index (χ3n) is 4.17. The number of aliphatic hydroxyl groups is 2. The molecule has 2 rings (SSSR count). The molecule has 26 heavy (non-hydrogen) atoms. The lowest BCUT2D eigenvalue weighted by Crippen LogP contribution is -2.52. The topological polar surface area (TPSA) is 119 Å². The zero-order valence-electron chi connectivity index (χ0n) is 15.0. The number of ether oxygens (including phenoxy) is 3. The lowest BCUT2D eigenvalue weighted by molar-refractivity contribution is -0.170. The van der Waals surface area contributed by atoms with Crippen LogP contribution in [0.25, 0.3) is 0 Å². The molecule has 2 aliphatic rings. The van der Waals surface area contributed by atoms with E-state index >= 15 is 0 Å². The van der Waals surface area contributed by atoms with Gasteiger partial charge < -0.3 is 24.4 Å². The van der Waals surface area contributed by atoms with E-state index in [4.69, 9.17) is 19.3 Å². The van der Waals surface area contributed by atoms with Gasteiger partial charge in [-0.25, -0.2) is 0 Å². The monoisotopic (exact) mass is 366 g/mol. The smallest absolute Gasteiger partial charge is 0.307 e. The second-order valence-electron chi connectivity index (χ2n) is 6.07. The number of allylic oxidation sites excluding steroid dienone is 2. The molecule has 0 spiro atoms. The van der Waals surface area contributed by atoms with Gasteiger partial charge in [0.15, 0.2) is 11.5 Å². The van der Waals surface area contributed by atoms with Crippen LogP contribution in [-0.2, 0) is 28.6 Å². The van der Waals surface area contributed by atoms with Gasteiger partial charge in [-0.15, -0.1) is 0 Å². The molecule has 0 fully saturated rings. The summed E-state index contributed by atoms with van der Waals surface area (Å²) in [5.41, 5.74) is -2.36. The summed E-state index contributed by atoms with van der Waals surface area (Å²) in [6.07, 6.45) is 2.28. The maximum atomic E-state index is 12.8. The Morgan fingerprint density at radius 1 is 1.31 bits per heavy atom. The van der Waals surface area contributed by atoms with Gasteiger partial charge in [0, 0.05) is 19.4 Å². The average molecular weight is 366 g/mol. The molecule has 1 unspecified atom stereocenters. The number of hydrogen-bond acceptors (Lipinski definition) is 8. The summed E-state index contributed by atoms with van der Waals surface area (Å²) in [5, 5.41) is 19.4. The van der Waals surface area contributed by atoms with Crippen molar-refractivity contribution in [3.05, 3.63) is 34.7 Å². The first-order valence-electron chi connectivity index (χ1n) is 8.32. The lowest BCUT2D eigenvalue weighted by atomic mass is 9.78. The van der Waals surface area contributed by atoms with Crippen molar-refractivity contribution < 1.29 is 38.8 Å². The zero-order chi connectivity index (χ0) is 19.5. The Balaban J connectivity index is 2.50. The number of fused-ring (bicyclic) bond motifs is 1. The fourth-order valence-electron chi connectivity index (χ4n) is 2.81. The Morgan fingerprint density at radius 3 is 2.58 bits per heavy atom. The van der Waals surface area contributed by atoms with Crippen molar-refractivity contribution in [2.24, 2.45) is 0 Å². The summed E-state index contributed by atoms with van der Waals surface area (Å²) in [6.45, 7) is 2.82. The van der Waals surface area contributed by atoms with Crippen LogP contribution in [0.15, 0.2) is 34.7 Å². The molecule has 0 amide bonds. The van der Waals surface area contributed by atoms with Crippen LogP contribution in [0.4, 0.5) is 0 Å². The van der Waals surface area contributed by atoms with Crippen molar-refractivity contribution >= 4 is 17.5 Å². The second-order valence-corrected chi connectivity index (χ2v) is 6.07. The number of esters is 1. The first-order valence-corrected chi connectivity index (χ1v) is 8.32. The van der Waals surface area contributed by atoms with Crippen LogP contribution < -0.4 is 0 Å². The molecule has 142 valence electrons. The minimum atomic E-state index is -2.16. The van der Waals surface area contributed by atoms with Gasteiger partial charge in [0.25, 0.3) is 0 Å². The molecule has 2 N–H and O–H groups in total. The highest BCUT2D eigenvalue weighted by Gasteiger charge is 2.54. The fraction of sp³-hybridized carbons (Fsp3) is 0.500. The molecule has 0 bridgehead atoms. The van der Waals surface area contributed by atoms with Crippen molar-refractivity contribution in [1.29, 1.82) is 0 Å². The standard InChI is InChI=1S/C18H22O8/c1-4-6-12(20)26-18(2)16(22)10-9-25-11(7-5-8-19)15(24-3)13(10)14(21)17(18)23/h9,19,21H,4-8H2,1-3H3. The van der Waals surface area contributed by atoms with Crippen LogP contribution in [0.1, 0.15) is 39.5 Å². The quantitative estimate of drug-likeness (QED) is 0.515. The van der Waals surface area contributed by atoms with Gasteiger partial charge in [0.1, 0.15) is 12.0 Å². The number of ketones is 2. The van der Waals surface area contributed by atoms with Gasteiger partial charge in [-0.1, -0.05) is 6.92 Å². The maximum absolute atomic E-state index is 12.8. The largest absolute Gasteiger partial charge is 0.504 e. The Bertz CT molecular complexity index is 727. The van der Waals surface area contributed by atoms with Crippen molar-refractivity contribution in [3.8, 4) is 0 Å². The van der Waals surface area contributed by atoms with Crippen molar-refractivity contribution in [1.82, 2.24) is 0 Å². The molecule has 8 heteroatoms. The average Bonchev–Trinajstić information content (AvgIpc) is 2.62. The summed E-state index contributed by atoms with van der Waals surface area (Å²) in [6, 6.07) is 0. The van der Waals surface area contributed by atoms with E-state index in [9.17, 15) is 19.5 Å². The summed E-state index contributed by atoms with van der Waals surface area (Å²) in [4.78, 5) is 37.3. The molecule has 1 aliphatic carbocycles.